The molecular weight excluding hydrogens is 357 g/mol. The van der Waals surface area contributed by atoms with Gasteiger partial charge < -0.3 is 14.2 Å². The number of nitrogens with zero attached hydrogens (tertiary/aromatic N) is 4. The number of halogens is 3. The van der Waals surface area contributed by atoms with Crippen molar-refractivity contribution in [2.45, 2.75) is 31.7 Å². The Morgan fingerprint density at radius 3 is 2.70 bits per heavy atom. The molecule has 1 aliphatic heterocycles. The average molecular weight is 376 g/mol. The number of alkyl halides is 3. The molecule has 1 unspecified atom stereocenters. The van der Waals surface area contributed by atoms with E-state index in [-0.39, 0.29) is 6.04 Å². The molecule has 8 heteroatoms. The van der Waals surface area contributed by atoms with E-state index in [1.807, 2.05) is 24.5 Å². The van der Waals surface area contributed by atoms with Gasteiger partial charge in [0, 0.05) is 30.8 Å². The number of ether oxygens (including phenoxy) is 1. The third-order valence-corrected chi connectivity index (χ3v) is 4.74. The van der Waals surface area contributed by atoms with Crippen molar-refractivity contribution in [2.75, 3.05) is 18.6 Å². The minimum Gasteiger partial charge on any atom is -0.367 e. The molecule has 1 aromatic carbocycles. The highest BCUT2D eigenvalue weighted by atomic mass is 19.4. The second-order valence-electron chi connectivity index (χ2n) is 6.92. The van der Waals surface area contributed by atoms with Crippen LogP contribution in [0.15, 0.2) is 43.0 Å². The van der Waals surface area contributed by atoms with Gasteiger partial charge in [0.1, 0.15) is 0 Å². The Morgan fingerprint density at radius 1 is 1.37 bits per heavy atom. The van der Waals surface area contributed by atoms with Gasteiger partial charge >= 0.3 is 6.18 Å². The monoisotopic (exact) mass is 376 g/mol. The van der Waals surface area contributed by atoms with E-state index in [1.54, 1.807) is 36.7 Å². The summed E-state index contributed by atoms with van der Waals surface area (Å²) in [6, 6.07) is 5.01. The molecular formula is C19H19F3N4O. The molecule has 3 rings (SSSR count). The van der Waals surface area contributed by atoms with E-state index in [0.717, 1.165) is 11.8 Å². The van der Waals surface area contributed by atoms with E-state index in [1.165, 1.54) is 12.1 Å². The van der Waals surface area contributed by atoms with Crippen molar-refractivity contribution in [3.05, 3.63) is 54.1 Å². The molecule has 0 N–H and O–H groups in total. The minimum atomic E-state index is -4.60. The molecule has 2 aromatic rings. The van der Waals surface area contributed by atoms with Gasteiger partial charge in [0.2, 0.25) is 0 Å². The summed E-state index contributed by atoms with van der Waals surface area (Å²) in [7, 11) is 1.71. The van der Waals surface area contributed by atoms with Gasteiger partial charge in [0.25, 0.3) is 0 Å². The van der Waals surface area contributed by atoms with Crippen molar-refractivity contribution in [3.63, 3.8) is 0 Å². The van der Waals surface area contributed by atoms with Crippen molar-refractivity contribution >= 4 is 11.4 Å². The first-order valence-corrected chi connectivity index (χ1v) is 8.30. The number of anilines is 1. The number of aromatic nitrogens is 2. The van der Waals surface area contributed by atoms with E-state index in [0.29, 0.717) is 12.3 Å². The van der Waals surface area contributed by atoms with Crippen molar-refractivity contribution in [2.24, 2.45) is 0 Å². The highest BCUT2D eigenvalue weighted by Gasteiger charge is 2.38. The molecule has 1 atom stereocenters. The maximum Gasteiger partial charge on any atom is 0.417 e. The van der Waals surface area contributed by atoms with Crippen LogP contribution >= 0.6 is 0 Å². The standard InChI is InChI=1S/C19H19F3N4O/c1-18(2)17(9-15(11-27-18)26-7-6-24-12-26)25(3)14-5-4-13(10-23)16(8-14)19(20,21)22/h4-9,12,17H,11H2,1-3H3. The molecule has 0 saturated heterocycles. The van der Waals surface area contributed by atoms with Crippen LogP contribution in [0, 0.1) is 11.3 Å². The Morgan fingerprint density at radius 2 is 2.11 bits per heavy atom. The van der Waals surface area contributed by atoms with Crippen molar-refractivity contribution in [3.8, 4) is 6.07 Å². The van der Waals surface area contributed by atoms with Gasteiger partial charge in [-0.15, -0.1) is 0 Å². The molecule has 1 aliphatic rings. The fourth-order valence-corrected chi connectivity index (χ4v) is 3.19. The van der Waals surface area contributed by atoms with Crippen LogP contribution in [-0.4, -0.2) is 34.8 Å². The van der Waals surface area contributed by atoms with Gasteiger partial charge in [-0.25, -0.2) is 4.98 Å². The summed E-state index contributed by atoms with van der Waals surface area (Å²) < 4.78 is 47.7. The molecule has 0 amide bonds. The number of likely N-dealkylation sites (N-methyl/N-ethyl adjacent to an activating group) is 1. The number of imidazole rings is 1. The van der Waals surface area contributed by atoms with E-state index in [4.69, 9.17) is 10.00 Å². The van der Waals surface area contributed by atoms with Gasteiger partial charge in [0.15, 0.2) is 0 Å². The number of hydrogen-bond acceptors (Lipinski definition) is 4. The van der Waals surface area contributed by atoms with Crippen molar-refractivity contribution in [1.82, 2.24) is 9.55 Å². The van der Waals surface area contributed by atoms with Crippen LogP contribution < -0.4 is 4.90 Å². The summed E-state index contributed by atoms with van der Waals surface area (Å²) in [4.78, 5) is 5.75. The first kappa shape index (κ1) is 19.0. The van der Waals surface area contributed by atoms with E-state index < -0.39 is 22.9 Å². The first-order chi connectivity index (χ1) is 12.6. The van der Waals surface area contributed by atoms with Crippen molar-refractivity contribution in [1.29, 1.82) is 5.26 Å². The molecule has 0 fully saturated rings. The lowest BCUT2D eigenvalue weighted by molar-refractivity contribution is -0.137. The van der Waals surface area contributed by atoms with E-state index >= 15 is 0 Å². The van der Waals surface area contributed by atoms with Crippen LogP contribution in [0.2, 0.25) is 0 Å². The van der Waals surface area contributed by atoms with Crippen LogP contribution in [0.5, 0.6) is 0 Å². The number of benzene rings is 1. The van der Waals surface area contributed by atoms with E-state index in [9.17, 15) is 13.2 Å². The Kier molecular flexibility index (Phi) is 4.74. The molecule has 142 valence electrons. The summed E-state index contributed by atoms with van der Waals surface area (Å²) in [6.07, 6.45) is 2.45. The highest BCUT2D eigenvalue weighted by Crippen LogP contribution is 2.36. The third-order valence-electron chi connectivity index (χ3n) is 4.74. The van der Waals surface area contributed by atoms with Crippen molar-refractivity contribution < 1.29 is 17.9 Å². The normalized spacial score (nSPS) is 19.3. The van der Waals surface area contributed by atoms with Crippen LogP contribution in [0.1, 0.15) is 25.0 Å². The zero-order valence-corrected chi connectivity index (χ0v) is 15.2. The van der Waals surface area contributed by atoms with Crippen LogP contribution in [0.4, 0.5) is 18.9 Å². The second-order valence-corrected chi connectivity index (χ2v) is 6.92. The lowest BCUT2D eigenvalue weighted by Crippen LogP contribution is -2.51. The fourth-order valence-electron chi connectivity index (χ4n) is 3.19. The third kappa shape index (κ3) is 3.69. The molecule has 5 nitrogen and oxygen atoms in total. The molecule has 0 radical (unpaired) electrons. The maximum atomic E-state index is 13.3. The second kappa shape index (κ2) is 6.74. The molecule has 0 saturated carbocycles. The van der Waals surface area contributed by atoms with Crippen LogP contribution in [0.3, 0.4) is 0 Å². The molecule has 2 heterocycles. The largest absolute Gasteiger partial charge is 0.417 e. The Balaban J connectivity index is 2.02. The predicted molar refractivity (Wildman–Crippen MR) is 94.9 cm³/mol. The maximum absolute atomic E-state index is 13.3. The smallest absolute Gasteiger partial charge is 0.367 e. The lowest BCUT2D eigenvalue weighted by Gasteiger charge is -2.43. The van der Waals surface area contributed by atoms with Crippen LogP contribution in [-0.2, 0) is 10.9 Å². The summed E-state index contributed by atoms with van der Waals surface area (Å²) in [5.74, 6) is 0. The molecule has 0 bridgehead atoms. The van der Waals surface area contributed by atoms with Gasteiger partial charge in [-0.3, -0.25) is 0 Å². The molecule has 0 aliphatic carbocycles. The molecule has 1 aromatic heterocycles. The topological polar surface area (TPSA) is 54.1 Å². The summed E-state index contributed by atoms with van der Waals surface area (Å²) in [5, 5.41) is 8.98. The van der Waals surface area contributed by atoms with E-state index in [2.05, 4.69) is 4.98 Å². The van der Waals surface area contributed by atoms with Gasteiger partial charge in [-0.1, -0.05) is 0 Å². The first-order valence-electron chi connectivity index (χ1n) is 8.30. The van der Waals surface area contributed by atoms with Gasteiger partial charge in [0.05, 0.1) is 41.8 Å². The van der Waals surface area contributed by atoms with Crippen LogP contribution in [0.25, 0.3) is 5.70 Å². The quantitative estimate of drug-likeness (QED) is 0.815. The number of hydrogen-bond donors (Lipinski definition) is 0. The number of nitriles is 1. The average Bonchev–Trinajstić information content (AvgIpc) is 3.14. The zero-order valence-electron chi connectivity index (χ0n) is 15.2. The molecule has 27 heavy (non-hydrogen) atoms. The lowest BCUT2D eigenvalue weighted by atomic mass is 9.93. The zero-order chi connectivity index (χ0) is 19.8. The number of rotatable bonds is 3. The fraction of sp³-hybridized carbons (Fsp3) is 0.368. The SMILES string of the molecule is CN(c1ccc(C#N)c(C(F)(F)F)c1)C1C=C(n2ccnc2)COC1(C)C. The minimum absolute atomic E-state index is 0.322. The Bertz CT molecular complexity index is 895. The summed E-state index contributed by atoms with van der Waals surface area (Å²) in [5.41, 5.74) is -0.749. The summed E-state index contributed by atoms with van der Waals surface area (Å²) >= 11 is 0. The van der Waals surface area contributed by atoms with Gasteiger partial charge in [-0.2, -0.15) is 18.4 Å². The summed E-state index contributed by atoms with van der Waals surface area (Å²) in [6.45, 7) is 4.15. The molecule has 0 spiro atoms. The predicted octanol–water partition coefficient (Wildman–Crippen LogP) is 3.93. The Hall–Kier alpha value is -2.79. The van der Waals surface area contributed by atoms with Gasteiger partial charge in [-0.05, 0) is 38.1 Å². The highest BCUT2D eigenvalue weighted by molar-refractivity contribution is 5.58. The Labute approximate surface area is 155 Å².